The van der Waals surface area contributed by atoms with Crippen LogP contribution in [0.15, 0.2) is 42.7 Å². The fraction of sp³-hybridized carbons (Fsp3) is 0.304. The van der Waals surface area contributed by atoms with Crippen molar-refractivity contribution in [2.45, 2.75) is 46.5 Å². The van der Waals surface area contributed by atoms with Gasteiger partial charge in [0.1, 0.15) is 17.5 Å². The van der Waals surface area contributed by atoms with Crippen LogP contribution in [0.5, 0.6) is 0 Å². The second-order valence-corrected chi connectivity index (χ2v) is 7.08. The van der Waals surface area contributed by atoms with E-state index in [2.05, 4.69) is 35.1 Å². The molecule has 0 bridgehead atoms. The monoisotopic (exact) mass is 366 g/mol. The molecule has 0 radical (unpaired) electrons. The Morgan fingerprint density at radius 2 is 1.30 bits per heavy atom. The number of hydrogen-bond acceptors (Lipinski definition) is 2. The van der Waals surface area contributed by atoms with Crippen LogP contribution in [0.2, 0.25) is 0 Å². The molecule has 3 rings (SSSR count). The van der Waals surface area contributed by atoms with Gasteiger partial charge in [-0.3, -0.25) is 0 Å². The Balaban J connectivity index is 1.62. The Labute approximate surface area is 159 Å². The SMILES string of the molecule is Cc1ncc(CCc2ccc(CCc3cc(F)c(C)c(F)c3)c(C)c2)cn1. The predicted octanol–water partition coefficient (Wildman–Crippen LogP) is 5.25. The second kappa shape index (κ2) is 8.38. The minimum absolute atomic E-state index is 0.0817. The Morgan fingerprint density at radius 3 is 1.93 bits per heavy atom. The molecule has 0 aliphatic rings. The average molecular weight is 366 g/mol. The van der Waals surface area contributed by atoms with Gasteiger partial charge in [0.2, 0.25) is 0 Å². The van der Waals surface area contributed by atoms with Gasteiger partial charge in [0.25, 0.3) is 0 Å². The molecule has 4 heteroatoms. The minimum atomic E-state index is -0.475. The van der Waals surface area contributed by atoms with Crippen LogP contribution in [0.1, 0.15) is 39.2 Å². The first-order valence-electron chi connectivity index (χ1n) is 9.23. The van der Waals surface area contributed by atoms with Gasteiger partial charge in [0.05, 0.1) is 0 Å². The van der Waals surface area contributed by atoms with Crippen molar-refractivity contribution >= 4 is 0 Å². The summed E-state index contributed by atoms with van der Waals surface area (Å²) in [4.78, 5) is 8.46. The van der Waals surface area contributed by atoms with E-state index in [1.54, 1.807) is 0 Å². The number of aryl methyl sites for hydroxylation is 6. The van der Waals surface area contributed by atoms with Gasteiger partial charge in [-0.05, 0) is 86.4 Å². The number of halogens is 2. The molecule has 0 spiro atoms. The minimum Gasteiger partial charge on any atom is -0.241 e. The summed E-state index contributed by atoms with van der Waals surface area (Å²) in [6.45, 7) is 5.43. The van der Waals surface area contributed by atoms with E-state index in [0.29, 0.717) is 12.0 Å². The summed E-state index contributed by atoms with van der Waals surface area (Å²) in [6, 6.07) is 9.32. The highest BCUT2D eigenvalue weighted by atomic mass is 19.1. The lowest BCUT2D eigenvalue weighted by atomic mass is 9.96. The van der Waals surface area contributed by atoms with Gasteiger partial charge < -0.3 is 0 Å². The molecule has 140 valence electrons. The lowest BCUT2D eigenvalue weighted by Crippen LogP contribution is -1.99. The summed E-state index contributed by atoms with van der Waals surface area (Å²) in [5, 5.41) is 0. The van der Waals surface area contributed by atoms with Gasteiger partial charge in [-0.15, -0.1) is 0 Å². The summed E-state index contributed by atoms with van der Waals surface area (Å²) < 4.78 is 27.4. The molecular weight excluding hydrogens is 342 g/mol. The van der Waals surface area contributed by atoms with E-state index in [-0.39, 0.29) is 5.56 Å². The number of nitrogens with zero attached hydrogens (tertiary/aromatic N) is 2. The second-order valence-electron chi connectivity index (χ2n) is 7.08. The molecule has 0 unspecified atom stereocenters. The van der Waals surface area contributed by atoms with E-state index >= 15 is 0 Å². The van der Waals surface area contributed by atoms with Crippen LogP contribution in [0.3, 0.4) is 0 Å². The van der Waals surface area contributed by atoms with Crippen LogP contribution in [-0.2, 0) is 25.7 Å². The summed E-state index contributed by atoms with van der Waals surface area (Å²) >= 11 is 0. The van der Waals surface area contributed by atoms with Crippen LogP contribution in [-0.4, -0.2) is 9.97 Å². The fourth-order valence-corrected chi connectivity index (χ4v) is 3.15. The van der Waals surface area contributed by atoms with Crippen molar-refractivity contribution in [2.75, 3.05) is 0 Å². The normalized spacial score (nSPS) is 11.0. The first-order chi connectivity index (χ1) is 12.9. The maximum atomic E-state index is 13.7. The molecule has 0 aliphatic heterocycles. The number of benzene rings is 2. The predicted molar refractivity (Wildman–Crippen MR) is 104 cm³/mol. The highest BCUT2D eigenvalue weighted by Gasteiger charge is 2.08. The number of aromatic nitrogens is 2. The van der Waals surface area contributed by atoms with Crippen LogP contribution in [0.25, 0.3) is 0 Å². The molecule has 0 amide bonds. The highest BCUT2D eigenvalue weighted by molar-refractivity contribution is 5.33. The lowest BCUT2D eigenvalue weighted by Gasteiger charge is -2.10. The third kappa shape index (κ3) is 4.97. The van der Waals surface area contributed by atoms with Crippen molar-refractivity contribution in [3.05, 3.63) is 93.6 Å². The number of rotatable bonds is 6. The smallest absolute Gasteiger partial charge is 0.129 e. The van der Waals surface area contributed by atoms with Crippen molar-refractivity contribution < 1.29 is 8.78 Å². The molecule has 2 nitrogen and oxygen atoms in total. The van der Waals surface area contributed by atoms with Gasteiger partial charge in [0.15, 0.2) is 0 Å². The lowest BCUT2D eigenvalue weighted by molar-refractivity contribution is 0.564. The van der Waals surface area contributed by atoms with Crippen molar-refractivity contribution in [2.24, 2.45) is 0 Å². The zero-order valence-electron chi connectivity index (χ0n) is 16.0. The van der Waals surface area contributed by atoms with E-state index in [4.69, 9.17) is 0 Å². The zero-order valence-corrected chi connectivity index (χ0v) is 16.0. The van der Waals surface area contributed by atoms with Gasteiger partial charge in [-0.25, -0.2) is 18.7 Å². The van der Waals surface area contributed by atoms with Crippen molar-refractivity contribution in [3.63, 3.8) is 0 Å². The average Bonchev–Trinajstić information content (AvgIpc) is 2.65. The summed E-state index contributed by atoms with van der Waals surface area (Å²) in [7, 11) is 0. The van der Waals surface area contributed by atoms with E-state index < -0.39 is 11.6 Å². The quantitative estimate of drug-likeness (QED) is 0.595. The molecule has 2 aromatic carbocycles. The van der Waals surface area contributed by atoms with Crippen LogP contribution < -0.4 is 0 Å². The molecule has 0 fully saturated rings. The molecule has 1 heterocycles. The zero-order chi connectivity index (χ0) is 19.4. The van der Waals surface area contributed by atoms with Crippen molar-refractivity contribution in [1.82, 2.24) is 9.97 Å². The Hall–Kier alpha value is -2.62. The molecule has 0 atom stereocenters. The van der Waals surface area contributed by atoms with Crippen molar-refractivity contribution in [3.8, 4) is 0 Å². The third-order valence-corrected chi connectivity index (χ3v) is 4.97. The molecular formula is C23H24F2N2. The Bertz CT molecular complexity index is 911. The summed E-state index contributed by atoms with van der Waals surface area (Å²) in [5.74, 6) is -0.165. The maximum Gasteiger partial charge on any atom is 0.129 e. The van der Waals surface area contributed by atoms with E-state index in [0.717, 1.165) is 30.7 Å². The summed E-state index contributed by atoms with van der Waals surface area (Å²) in [6.07, 6.45) is 6.98. The maximum absolute atomic E-state index is 13.7. The largest absolute Gasteiger partial charge is 0.241 e. The molecule has 0 saturated carbocycles. The Kier molecular flexibility index (Phi) is 5.94. The molecule has 0 saturated heterocycles. The van der Waals surface area contributed by atoms with Gasteiger partial charge in [-0.2, -0.15) is 0 Å². The molecule has 0 N–H and O–H groups in total. The Morgan fingerprint density at radius 1 is 0.704 bits per heavy atom. The van der Waals surface area contributed by atoms with Gasteiger partial charge in [-0.1, -0.05) is 18.2 Å². The van der Waals surface area contributed by atoms with Crippen LogP contribution >= 0.6 is 0 Å². The first-order valence-corrected chi connectivity index (χ1v) is 9.23. The molecule has 3 aromatic rings. The van der Waals surface area contributed by atoms with Gasteiger partial charge in [0, 0.05) is 18.0 Å². The molecule has 27 heavy (non-hydrogen) atoms. The molecule has 0 aliphatic carbocycles. The van der Waals surface area contributed by atoms with Crippen molar-refractivity contribution in [1.29, 1.82) is 0 Å². The first kappa shape index (κ1) is 19.2. The van der Waals surface area contributed by atoms with E-state index in [1.807, 2.05) is 19.3 Å². The van der Waals surface area contributed by atoms with E-state index in [1.165, 1.54) is 35.7 Å². The van der Waals surface area contributed by atoms with Crippen LogP contribution in [0.4, 0.5) is 8.78 Å². The third-order valence-electron chi connectivity index (χ3n) is 4.97. The highest BCUT2D eigenvalue weighted by Crippen LogP contribution is 2.19. The van der Waals surface area contributed by atoms with Gasteiger partial charge >= 0.3 is 0 Å². The molecule has 1 aromatic heterocycles. The van der Waals surface area contributed by atoms with Crippen LogP contribution in [0, 0.1) is 32.4 Å². The summed E-state index contributed by atoms with van der Waals surface area (Å²) in [5.41, 5.74) is 5.59. The fourth-order valence-electron chi connectivity index (χ4n) is 3.15. The number of hydrogen-bond donors (Lipinski definition) is 0. The standard InChI is InChI=1S/C23H24F2N2/c1-15-10-18(4-5-20-13-26-17(3)27-14-20)6-8-21(15)9-7-19-11-22(24)16(2)23(25)12-19/h6,8,10-14H,4-5,7,9H2,1-3H3. The topological polar surface area (TPSA) is 25.8 Å². The van der Waals surface area contributed by atoms with E-state index in [9.17, 15) is 8.78 Å².